The average Bonchev–Trinajstić information content (AvgIpc) is 2.73. The van der Waals surface area contributed by atoms with Crippen LogP contribution in [0.1, 0.15) is 19.3 Å². The van der Waals surface area contributed by atoms with Gasteiger partial charge in [-0.15, -0.1) is 0 Å². The predicted octanol–water partition coefficient (Wildman–Crippen LogP) is 1.41. The van der Waals surface area contributed by atoms with E-state index in [1.54, 1.807) is 0 Å². The number of rotatable bonds is 2. The molecule has 2 rings (SSSR count). The Labute approximate surface area is 84.7 Å². The minimum absolute atomic E-state index is 0.262. The van der Waals surface area contributed by atoms with Crippen molar-refractivity contribution in [2.24, 2.45) is 11.8 Å². The van der Waals surface area contributed by atoms with Crippen molar-refractivity contribution in [3.63, 3.8) is 0 Å². The lowest BCUT2D eigenvalue weighted by atomic mass is 10.0. The maximum atomic E-state index is 10.9. The van der Waals surface area contributed by atoms with Gasteiger partial charge in [0.2, 0.25) is 0 Å². The van der Waals surface area contributed by atoms with Gasteiger partial charge in [-0.05, 0) is 24.7 Å². The van der Waals surface area contributed by atoms with Gasteiger partial charge >= 0.3 is 5.97 Å². The van der Waals surface area contributed by atoms with Crippen LogP contribution in [-0.2, 0) is 9.53 Å². The van der Waals surface area contributed by atoms with Crippen molar-refractivity contribution in [3.05, 3.63) is 12.3 Å². The van der Waals surface area contributed by atoms with Gasteiger partial charge in [0.15, 0.2) is 0 Å². The number of ether oxygens (including phenoxy) is 1. The topological polar surface area (TPSA) is 29.5 Å². The molecule has 3 heteroatoms. The smallest absolute Gasteiger partial charge is 0.331 e. The van der Waals surface area contributed by atoms with Gasteiger partial charge in [0.05, 0.1) is 7.11 Å². The lowest BCUT2D eigenvalue weighted by Gasteiger charge is -2.12. The molecule has 1 saturated carbocycles. The zero-order chi connectivity index (χ0) is 9.97. The molecular weight excluding hydrogens is 178 g/mol. The third kappa shape index (κ3) is 1.91. The van der Waals surface area contributed by atoms with Crippen LogP contribution in [0.4, 0.5) is 0 Å². The van der Waals surface area contributed by atoms with Crippen LogP contribution in [0, 0.1) is 11.8 Å². The van der Waals surface area contributed by atoms with Crippen LogP contribution in [0.25, 0.3) is 0 Å². The van der Waals surface area contributed by atoms with Crippen LogP contribution in [0.15, 0.2) is 12.3 Å². The molecule has 0 spiro atoms. The van der Waals surface area contributed by atoms with Gasteiger partial charge < -0.3 is 9.64 Å². The number of nitrogens with zero attached hydrogens (tertiary/aromatic N) is 1. The fourth-order valence-corrected chi connectivity index (χ4v) is 2.63. The predicted molar refractivity (Wildman–Crippen MR) is 53.6 cm³/mol. The number of fused-ring (bicyclic) bond motifs is 1. The molecule has 1 saturated heterocycles. The summed E-state index contributed by atoms with van der Waals surface area (Å²) in [6.07, 6.45) is 7.52. The van der Waals surface area contributed by atoms with Crippen molar-refractivity contribution in [2.45, 2.75) is 19.3 Å². The Morgan fingerprint density at radius 3 is 2.57 bits per heavy atom. The third-order valence-corrected chi connectivity index (χ3v) is 3.38. The first kappa shape index (κ1) is 9.56. The molecule has 1 aliphatic heterocycles. The summed E-state index contributed by atoms with van der Waals surface area (Å²) in [6, 6.07) is 0. The van der Waals surface area contributed by atoms with E-state index in [-0.39, 0.29) is 5.97 Å². The first-order valence-corrected chi connectivity index (χ1v) is 5.30. The van der Waals surface area contributed by atoms with Gasteiger partial charge in [0.25, 0.3) is 0 Å². The maximum Gasteiger partial charge on any atom is 0.331 e. The van der Waals surface area contributed by atoms with Gasteiger partial charge in [-0.1, -0.05) is 6.42 Å². The molecular formula is C11H17NO2. The monoisotopic (exact) mass is 195 g/mol. The Hall–Kier alpha value is -0.990. The summed E-state index contributed by atoms with van der Waals surface area (Å²) in [4.78, 5) is 13.1. The molecule has 2 aliphatic rings. The van der Waals surface area contributed by atoms with Crippen molar-refractivity contribution in [1.82, 2.24) is 4.90 Å². The zero-order valence-electron chi connectivity index (χ0n) is 8.61. The summed E-state index contributed by atoms with van der Waals surface area (Å²) in [5, 5.41) is 0. The number of carbonyl (C=O) groups excluding carboxylic acids is 1. The molecule has 3 nitrogen and oxygen atoms in total. The molecule has 0 radical (unpaired) electrons. The molecule has 0 N–H and O–H groups in total. The highest BCUT2D eigenvalue weighted by molar-refractivity contribution is 5.81. The third-order valence-electron chi connectivity index (χ3n) is 3.38. The van der Waals surface area contributed by atoms with Crippen molar-refractivity contribution in [1.29, 1.82) is 0 Å². The van der Waals surface area contributed by atoms with Gasteiger partial charge in [0, 0.05) is 25.4 Å². The van der Waals surface area contributed by atoms with Crippen molar-refractivity contribution in [3.8, 4) is 0 Å². The molecule has 14 heavy (non-hydrogen) atoms. The second-order valence-corrected chi connectivity index (χ2v) is 4.24. The van der Waals surface area contributed by atoms with Gasteiger partial charge in [-0.25, -0.2) is 4.79 Å². The molecule has 0 aromatic rings. The van der Waals surface area contributed by atoms with Crippen molar-refractivity contribution >= 4 is 5.97 Å². The van der Waals surface area contributed by atoms with Crippen LogP contribution in [0.5, 0.6) is 0 Å². The van der Waals surface area contributed by atoms with E-state index in [1.807, 2.05) is 6.20 Å². The molecule has 0 amide bonds. The van der Waals surface area contributed by atoms with E-state index in [0.717, 1.165) is 24.9 Å². The van der Waals surface area contributed by atoms with Crippen molar-refractivity contribution < 1.29 is 9.53 Å². The number of hydrogen-bond donors (Lipinski definition) is 0. The van der Waals surface area contributed by atoms with Crippen LogP contribution in [0.2, 0.25) is 0 Å². The quantitative estimate of drug-likeness (QED) is 0.493. The van der Waals surface area contributed by atoms with E-state index in [1.165, 1.54) is 32.4 Å². The van der Waals surface area contributed by atoms with Gasteiger partial charge in [0.1, 0.15) is 0 Å². The summed E-state index contributed by atoms with van der Waals surface area (Å²) >= 11 is 0. The normalized spacial score (nSPS) is 31.1. The minimum Gasteiger partial charge on any atom is -0.466 e. The Morgan fingerprint density at radius 2 is 2.00 bits per heavy atom. The molecule has 2 fully saturated rings. The molecule has 0 aromatic heterocycles. The SMILES string of the molecule is COC(=O)/C=C/N1CC2CCCC2C1. The number of methoxy groups -OCH3 is 1. The lowest BCUT2D eigenvalue weighted by Crippen LogP contribution is -2.15. The maximum absolute atomic E-state index is 10.9. The first-order valence-electron chi connectivity index (χ1n) is 5.30. The number of hydrogen-bond acceptors (Lipinski definition) is 3. The molecule has 2 unspecified atom stereocenters. The summed E-state index contributed by atoms with van der Waals surface area (Å²) < 4.78 is 4.55. The molecule has 1 aliphatic carbocycles. The fraction of sp³-hybridized carbons (Fsp3) is 0.727. The van der Waals surface area contributed by atoms with Crippen LogP contribution < -0.4 is 0 Å². The molecule has 0 bridgehead atoms. The van der Waals surface area contributed by atoms with E-state index in [9.17, 15) is 4.79 Å². The van der Waals surface area contributed by atoms with Crippen LogP contribution in [0.3, 0.4) is 0 Å². The zero-order valence-corrected chi connectivity index (χ0v) is 8.61. The average molecular weight is 195 g/mol. The summed E-state index contributed by atoms with van der Waals surface area (Å²) in [7, 11) is 1.41. The van der Waals surface area contributed by atoms with Crippen molar-refractivity contribution in [2.75, 3.05) is 20.2 Å². The highest BCUT2D eigenvalue weighted by Gasteiger charge is 2.34. The van der Waals surface area contributed by atoms with E-state index in [4.69, 9.17) is 0 Å². The second-order valence-electron chi connectivity index (χ2n) is 4.24. The van der Waals surface area contributed by atoms with E-state index in [2.05, 4.69) is 9.64 Å². The highest BCUT2D eigenvalue weighted by Crippen LogP contribution is 2.37. The van der Waals surface area contributed by atoms with Gasteiger partial charge in [-0.3, -0.25) is 0 Å². The van der Waals surface area contributed by atoms with E-state index >= 15 is 0 Å². The van der Waals surface area contributed by atoms with Crippen LogP contribution in [-0.4, -0.2) is 31.1 Å². The summed E-state index contributed by atoms with van der Waals surface area (Å²) in [6.45, 7) is 2.25. The Kier molecular flexibility index (Phi) is 2.75. The van der Waals surface area contributed by atoms with Gasteiger partial charge in [-0.2, -0.15) is 0 Å². The second kappa shape index (κ2) is 4.03. The molecule has 0 aromatic carbocycles. The van der Waals surface area contributed by atoms with E-state index in [0.29, 0.717) is 0 Å². The Morgan fingerprint density at radius 1 is 1.36 bits per heavy atom. The van der Waals surface area contributed by atoms with Crippen LogP contribution >= 0.6 is 0 Å². The fourth-order valence-electron chi connectivity index (χ4n) is 2.63. The number of carbonyl (C=O) groups is 1. The minimum atomic E-state index is -0.262. The highest BCUT2D eigenvalue weighted by atomic mass is 16.5. The Balaban J connectivity index is 1.84. The molecule has 78 valence electrons. The number of esters is 1. The molecule has 1 heterocycles. The summed E-state index contributed by atoms with van der Waals surface area (Å²) in [5.74, 6) is 1.48. The summed E-state index contributed by atoms with van der Waals surface area (Å²) in [5.41, 5.74) is 0. The molecule has 2 atom stereocenters. The largest absolute Gasteiger partial charge is 0.466 e. The lowest BCUT2D eigenvalue weighted by molar-refractivity contribution is -0.134. The standard InChI is InChI=1S/C11H17NO2/c1-14-11(13)5-6-12-7-9-3-2-4-10(9)8-12/h5-6,9-10H,2-4,7-8H2,1H3/b6-5+. The first-order chi connectivity index (χ1) is 6.79. The van der Waals surface area contributed by atoms with E-state index < -0.39 is 0 Å². The Bertz CT molecular complexity index is 238. The number of likely N-dealkylation sites (tertiary alicyclic amines) is 1.